The molecular formula is C15H27NO3. The van der Waals surface area contributed by atoms with Gasteiger partial charge in [-0.2, -0.15) is 0 Å². The molecule has 2 heterocycles. The average Bonchev–Trinajstić information content (AvgIpc) is 2.96. The number of rotatable bonds is 6. The van der Waals surface area contributed by atoms with E-state index in [4.69, 9.17) is 4.74 Å². The molecule has 0 aromatic rings. The lowest BCUT2D eigenvalue weighted by Crippen LogP contribution is -2.44. The summed E-state index contributed by atoms with van der Waals surface area (Å²) in [5.74, 6) is 0.623. The Kier molecular flexibility index (Phi) is 4.51. The zero-order valence-corrected chi connectivity index (χ0v) is 12.3. The molecule has 0 radical (unpaired) electrons. The van der Waals surface area contributed by atoms with Crippen molar-refractivity contribution in [2.24, 2.45) is 11.8 Å². The summed E-state index contributed by atoms with van der Waals surface area (Å²) in [6.07, 6.45) is 5.06. The van der Waals surface area contributed by atoms with Crippen LogP contribution >= 0.6 is 0 Å². The Hall–Kier alpha value is -0.610. The summed E-state index contributed by atoms with van der Waals surface area (Å²) < 4.78 is 5.69. The molecule has 19 heavy (non-hydrogen) atoms. The molecule has 110 valence electrons. The predicted octanol–water partition coefficient (Wildman–Crippen LogP) is 1.86. The van der Waals surface area contributed by atoms with Crippen molar-refractivity contribution in [3.8, 4) is 0 Å². The van der Waals surface area contributed by atoms with E-state index < -0.39 is 5.60 Å². The molecule has 0 aromatic heterocycles. The number of hydrogen-bond donors (Lipinski definition) is 2. The molecule has 2 bridgehead atoms. The normalized spacial score (nSPS) is 32.6. The number of amides is 1. The summed E-state index contributed by atoms with van der Waals surface area (Å²) in [4.78, 5) is 12.1. The van der Waals surface area contributed by atoms with Gasteiger partial charge in [-0.3, -0.25) is 4.79 Å². The minimum Gasteiger partial charge on any atom is -0.388 e. The number of ether oxygens (including phenoxy) is 1. The maximum absolute atomic E-state index is 12.1. The highest BCUT2D eigenvalue weighted by molar-refractivity contribution is 5.79. The SMILES string of the molecule is CC(C)CCC(C)(O)CNC(=O)C1CC2CCC1O2. The van der Waals surface area contributed by atoms with Crippen LogP contribution < -0.4 is 5.32 Å². The molecule has 2 fully saturated rings. The van der Waals surface area contributed by atoms with Gasteiger partial charge in [0.15, 0.2) is 0 Å². The molecule has 2 rings (SSSR count). The van der Waals surface area contributed by atoms with Crippen LogP contribution in [0.5, 0.6) is 0 Å². The molecule has 0 saturated carbocycles. The molecule has 2 N–H and O–H groups in total. The minimum atomic E-state index is -0.807. The Balaban J connectivity index is 1.74. The highest BCUT2D eigenvalue weighted by Gasteiger charge is 2.44. The average molecular weight is 269 g/mol. The van der Waals surface area contributed by atoms with Gasteiger partial charge in [-0.05, 0) is 44.9 Å². The van der Waals surface area contributed by atoms with Crippen LogP contribution in [0, 0.1) is 11.8 Å². The van der Waals surface area contributed by atoms with Crippen molar-refractivity contribution in [3.63, 3.8) is 0 Å². The maximum Gasteiger partial charge on any atom is 0.225 e. The Morgan fingerprint density at radius 1 is 1.47 bits per heavy atom. The van der Waals surface area contributed by atoms with E-state index in [9.17, 15) is 9.90 Å². The molecule has 1 amide bonds. The summed E-state index contributed by atoms with van der Waals surface area (Å²) in [6, 6.07) is 0. The molecule has 2 aliphatic heterocycles. The summed E-state index contributed by atoms with van der Waals surface area (Å²) in [5.41, 5.74) is -0.807. The topological polar surface area (TPSA) is 58.6 Å². The molecule has 4 heteroatoms. The summed E-state index contributed by atoms with van der Waals surface area (Å²) in [7, 11) is 0. The van der Waals surface area contributed by atoms with Gasteiger partial charge in [0.1, 0.15) is 0 Å². The third-order valence-electron chi connectivity index (χ3n) is 4.35. The van der Waals surface area contributed by atoms with Gasteiger partial charge in [0.05, 0.1) is 23.7 Å². The molecule has 4 nitrogen and oxygen atoms in total. The van der Waals surface area contributed by atoms with Crippen molar-refractivity contribution in [1.82, 2.24) is 5.32 Å². The van der Waals surface area contributed by atoms with Crippen LogP contribution in [0.4, 0.5) is 0 Å². The lowest BCUT2D eigenvalue weighted by atomic mass is 9.88. The lowest BCUT2D eigenvalue weighted by molar-refractivity contribution is -0.127. The van der Waals surface area contributed by atoms with Crippen LogP contribution in [0.15, 0.2) is 0 Å². The van der Waals surface area contributed by atoms with Crippen LogP contribution in [0.2, 0.25) is 0 Å². The van der Waals surface area contributed by atoms with Crippen molar-refractivity contribution in [2.75, 3.05) is 6.54 Å². The maximum atomic E-state index is 12.1. The van der Waals surface area contributed by atoms with Crippen LogP contribution in [0.1, 0.15) is 52.9 Å². The molecule has 0 spiro atoms. The monoisotopic (exact) mass is 269 g/mol. The molecular weight excluding hydrogens is 242 g/mol. The van der Waals surface area contributed by atoms with E-state index in [1.807, 2.05) is 0 Å². The van der Waals surface area contributed by atoms with Gasteiger partial charge >= 0.3 is 0 Å². The van der Waals surface area contributed by atoms with E-state index in [1.54, 1.807) is 6.92 Å². The third-order valence-corrected chi connectivity index (χ3v) is 4.35. The number of hydrogen-bond acceptors (Lipinski definition) is 3. The first-order valence-electron chi connectivity index (χ1n) is 7.53. The first-order chi connectivity index (χ1) is 8.87. The lowest BCUT2D eigenvalue weighted by Gasteiger charge is -2.26. The Morgan fingerprint density at radius 2 is 2.21 bits per heavy atom. The van der Waals surface area contributed by atoms with Crippen molar-refractivity contribution in [3.05, 3.63) is 0 Å². The second kappa shape index (κ2) is 5.80. The predicted molar refractivity (Wildman–Crippen MR) is 73.7 cm³/mol. The second-order valence-corrected chi connectivity index (χ2v) is 6.86. The van der Waals surface area contributed by atoms with Crippen molar-refractivity contribution in [2.45, 2.75) is 70.7 Å². The zero-order valence-electron chi connectivity index (χ0n) is 12.3. The number of nitrogens with one attached hydrogen (secondary N) is 1. The van der Waals surface area contributed by atoms with Gasteiger partial charge in [0.25, 0.3) is 0 Å². The highest BCUT2D eigenvalue weighted by Crippen LogP contribution is 2.38. The Morgan fingerprint density at radius 3 is 2.74 bits per heavy atom. The van der Waals surface area contributed by atoms with Crippen molar-refractivity contribution < 1.29 is 14.6 Å². The molecule has 4 atom stereocenters. The second-order valence-electron chi connectivity index (χ2n) is 6.86. The van der Waals surface area contributed by atoms with Crippen LogP contribution in [0.3, 0.4) is 0 Å². The van der Waals surface area contributed by atoms with Crippen LogP contribution in [-0.4, -0.2) is 35.4 Å². The van der Waals surface area contributed by atoms with Gasteiger partial charge in [-0.25, -0.2) is 0 Å². The fourth-order valence-corrected chi connectivity index (χ4v) is 3.01. The highest BCUT2D eigenvalue weighted by atomic mass is 16.5. The van der Waals surface area contributed by atoms with E-state index in [-0.39, 0.29) is 17.9 Å². The van der Waals surface area contributed by atoms with Gasteiger partial charge in [0.2, 0.25) is 5.91 Å². The minimum absolute atomic E-state index is 0.000325. The number of fused-ring (bicyclic) bond motifs is 2. The first-order valence-corrected chi connectivity index (χ1v) is 7.53. The van der Waals surface area contributed by atoms with Crippen LogP contribution in [0.25, 0.3) is 0 Å². The van der Waals surface area contributed by atoms with Crippen molar-refractivity contribution >= 4 is 5.91 Å². The Labute approximate surface area is 115 Å². The smallest absolute Gasteiger partial charge is 0.225 e. The molecule has 2 aliphatic rings. The van der Waals surface area contributed by atoms with Crippen molar-refractivity contribution in [1.29, 1.82) is 0 Å². The van der Waals surface area contributed by atoms with Crippen LogP contribution in [-0.2, 0) is 9.53 Å². The van der Waals surface area contributed by atoms with E-state index in [2.05, 4.69) is 19.2 Å². The number of aliphatic hydroxyl groups is 1. The van der Waals surface area contributed by atoms with Gasteiger partial charge in [0, 0.05) is 6.54 Å². The summed E-state index contributed by atoms with van der Waals surface area (Å²) in [6.45, 7) is 6.42. The first kappa shape index (κ1) is 14.8. The molecule has 0 aromatic carbocycles. The van der Waals surface area contributed by atoms with Gasteiger partial charge in [-0.1, -0.05) is 13.8 Å². The van der Waals surface area contributed by atoms with E-state index in [0.29, 0.717) is 18.6 Å². The third kappa shape index (κ3) is 3.93. The quantitative estimate of drug-likeness (QED) is 0.774. The summed E-state index contributed by atoms with van der Waals surface area (Å²) >= 11 is 0. The standard InChI is InChI=1S/C15H27NO3/c1-10(2)6-7-15(3,18)9-16-14(17)12-8-11-4-5-13(12)19-11/h10-13,18H,4-9H2,1-3H3,(H,16,17). The molecule has 0 aliphatic carbocycles. The largest absolute Gasteiger partial charge is 0.388 e. The van der Waals surface area contributed by atoms with Gasteiger partial charge in [-0.15, -0.1) is 0 Å². The van der Waals surface area contributed by atoms with E-state index >= 15 is 0 Å². The van der Waals surface area contributed by atoms with Gasteiger partial charge < -0.3 is 15.2 Å². The number of carbonyl (C=O) groups is 1. The fraction of sp³-hybridized carbons (Fsp3) is 0.933. The fourth-order valence-electron chi connectivity index (χ4n) is 3.01. The zero-order chi connectivity index (χ0) is 14.0. The Bertz CT molecular complexity index is 327. The molecule has 2 saturated heterocycles. The van der Waals surface area contributed by atoms with E-state index in [0.717, 1.165) is 32.1 Å². The van der Waals surface area contributed by atoms with E-state index in [1.165, 1.54) is 0 Å². The number of carbonyl (C=O) groups excluding carboxylic acids is 1. The molecule has 4 unspecified atom stereocenters. The summed E-state index contributed by atoms with van der Waals surface area (Å²) in [5, 5.41) is 13.1.